The molecule has 1 aromatic heterocycles. The van der Waals surface area contributed by atoms with Gasteiger partial charge in [0.25, 0.3) is 5.91 Å². The molecule has 1 aromatic carbocycles. The molecule has 1 heterocycles. The van der Waals surface area contributed by atoms with Crippen molar-refractivity contribution in [1.82, 2.24) is 15.5 Å². The van der Waals surface area contributed by atoms with Crippen molar-refractivity contribution in [3.05, 3.63) is 45.7 Å². The molecule has 0 saturated heterocycles. The number of nitrogens with one attached hydrogen (secondary N) is 2. The van der Waals surface area contributed by atoms with Crippen LogP contribution in [0.15, 0.2) is 18.2 Å². The molecule has 0 fully saturated rings. The van der Waals surface area contributed by atoms with Crippen LogP contribution in [0.3, 0.4) is 0 Å². The SMILES string of the molecule is Cc1n[nH]c(C)c1CNC(=O)c1ccc(N)cc1Cl. The smallest absolute Gasteiger partial charge is 0.253 e. The Balaban J connectivity index is 2.10. The summed E-state index contributed by atoms with van der Waals surface area (Å²) in [6.45, 7) is 4.21. The number of nitrogens with two attached hydrogens (primary N) is 1. The van der Waals surface area contributed by atoms with Crippen molar-refractivity contribution >= 4 is 23.2 Å². The van der Waals surface area contributed by atoms with Crippen LogP contribution in [0.5, 0.6) is 0 Å². The molecule has 0 saturated carbocycles. The third-order valence-electron chi connectivity index (χ3n) is 2.94. The third-order valence-corrected chi connectivity index (χ3v) is 3.26. The molecule has 0 aliphatic rings. The summed E-state index contributed by atoms with van der Waals surface area (Å²) in [6.07, 6.45) is 0. The van der Waals surface area contributed by atoms with Gasteiger partial charge in [0.15, 0.2) is 0 Å². The van der Waals surface area contributed by atoms with Gasteiger partial charge in [-0.2, -0.15) is 5.10 Å². The topological polar surface area (TPSA) is 83.8 Å². The number of nitrogen functional groups attached to an aromatic ring is 1. The quantitative estimate of drug-likeness (QED) is 0.753. The van der Waals surface area contributed by atoms with E-state index < -0.39 is 0 Å². The van der Waals surface area contributed by atoms with Crippen LogP contribution in [0.25, 0.3) is 0 Å². The van der Waals surface area contributed by atoms with Crippen LogP contribution >= 0.6 is 11.6 Å². The highest BCUT2D eigenvalue weighted by atomic mass is 35.5. The number of hydrogen-bond acceptors (Lipinski definition) is 3. The summed E-state index contributed by atoms with van der Waals surface area (Å²) in [6, 6.07) is 4.82. The summed E-state index contributed by atoms with van der Waals surface area (Å²) in [7, 11) is 0. The molecule has 19 heavy (non-hydrogen) atoms. The van der Waals surface area contributed by atoms with Gasteiger partial charge < -0.3 is 11.1 Å². The van der Waals surface area contributed by atoms with Gasteiger partial charge in [-0.25, -0.2) is 0 Å². The average molecular weight is 279 g/mol. The first-order chi connectivity index (χ1) is 8.99. The fraction of sp³-hybridized carbons (Fsp3) is 0.231. The van der Waals surface area contributed by atoms with Crippen LogP contribution in [-0.2, 0) is 6.54 Å². The second kappa shape index (κ2) is 5.32. The Bertz CT molecular complexity index is 602. The Morgan fingerprint density at radius 1 is 1.47 bits per heavy atom. The highest BCUT2D eigenvalue weighted by Gasteiger charge is 2.12. The summed E-state index contributed by atoms with van der Waals surface area (Å²) < 4.78 is 0. The zero-order valence-corrected chi connectivity index (χ0v) is 11.5. The normalized spacial score (nSPS) is 10.5. The van der Waals surface area contributed by atoms with Gasteiger partial charge in [-0.15, -0.1) is 0 Å². The van der Waals surface area contributed by atoms with Crippen LogP contribution < -0.4 is 11.1 Å². The van der Waals surface area contributed by atoms with E-state index in [1.54, 1.807) is 18.2 Å². The number of carbonyl (C=O) groups excluding carboxylic acids is 1. The van der Waals surface area contributed by atoms with Crippen LogP contribution in [0.4, 0.5) is 5.69 Å². The lowest BCUT2D eigenvalue weighted by Gasteiger charge is -2.07. The van der Waals surface area contributed by atoms with Gasteiger partial charge in [0.05, 0.1) is 16.3 Å². The molecule has 100 valence electrons. The first-order valence-corrected chi connectivity index (χ1v) is 6.20. The Labute approximate surface area is 116 Å². The molecule has 0 atom stereocenters. The van der Waals surface area contributed by atoms with Crippen molar-refractivity contribution in [1.29, 1.82) is 0 Å². The van der Waals surface area contributed by atoms with Crippen LogP contribution in [0.2, 0.25) is 5.02 Å². The number of rotatable bonds is 3. The van der Waals surface area contributed by atoms with E-state index in [1.165, 1.54) is 0 Å². The number of aromatic nitrogens is 2. The molecule has 0 radical (unpaired) electrons. The van der Waals surface area contributed by atoms with Crippen LogP contribution in [0.1, 0.15) is 27.3 Å². The van der Waals surface area contributed by atoms with Gasteiger partial charge in [-0.1, -0.05) is 11.6 Å². The van der Waals surface area contributed by atoms with Crippen LogP contribution in [-0.4, -0.2) is 16.1 Å². The fourth-order valence-corrected chi connectivity index (χ4v) is 2.09. The maximum absolute atomic E-state index is 12.0. The number of benzene rings is 1. The molecule has 0 bridgehead atoms. The second-order valence-corrected chi connectivity index (χ2v) is 4.74. The van der Waals surface area contributed by atoms with Gasteiger partial charge in [-0.05, 0) is 32.0 Å². The van der Waals surface area contributed by atoms with Gasteiger partial charge in [0.1, 0.15) is 0 Å². The largest absolute Gasteiger partial charge is 0.399 e. The minimum Gasteiger partial charge on any atom is -0.399 e. The van der Waals surface area contributed by atoms with E-state index in [9.17, 15) is 4.79 Å². The number of aromatic amines is 1. The van der Waals surface area contributed by atoms with E-state index in [0.29, 0.717) is 22.8 Å². The Hall–Kier alpha value is -2.01. The standard InChI is InChI=1S/C13H15ClN4O/c1-7-11(8(2)18-17-7)6-16-13(19)10-4-3-9(15)5-12(10)14/h3-5H,6,15H2,1-2H3,(H,16,19)(H,17,18). The van der Waals surface area contributed by atoms with E-state index in [4.69, 9.17) is 17.3 Å². The predicted octanol–water partition coefficient (Wildman–Crippen LogP) is 2.19. The molecule has 2 aromatic rings. The lowest BCUT2D eigenvalue weighted by Crippen LogP contribution is -2.23. The zero-order valence-electron chi connectivity index (χ0n) is 10.7. The molecule has 0 aliphatic heterocycles. The number of nitrogens with zero attached hydrogens (tertiary/aromatic N) is 1. The van der Waals surface area contributed by atoms with Crippen molar-refractivity contribution in [3.8, 4) is 0 Å². The highest BCUT2D eigenvalue weighted by molar-refractivity contribution is 6.34. The van der Waals surface area contributed by atoms with E-state index in [1.807, 2.05) is 13.8 Å². The van der Waals surface area contributed by atoms with Crippen LogP contribution in [0, 0.1) is 13.8 Å². The molecular weight excluding hydrogens is 264 g/mol. The lowest BCUT2D eigenvalue weighted by atomic mass is 10.1. The van der Waals surface area contributed by atoms with Gasteiger partial charge >= 0.3 is 0 Å². The first-order valence-electron chi connectivity index (χ1n) is 5.82. The van der Waals surface area contributed by atoms with Gasteiger partial charge in [-0.3, -0.25) is 9.89 Å². The number of aryl methyl sites for hydroxylation is 2. The zero-order chi connectivity index (χ0) is 14.0. The molecule has 0 unspecified atom stereocenters. The summed E-state index contributed by atoms with van der Waals surface area (Å²) in [5, 5.41) is 10.1. The van der Waals surface area contributed by atoms with Crippen molar-refractivity contribution in [2.45, 2.75) is 20.4 Å². The number of halogens is 1. The predicted molar refractivity (Wildman–Crippen MR) is 75.1 cm³/mol. The summed E-state index contributed by atoms with van der Waals surface area (Å²) in [5.41, 5.74) is 9.34. The Morgan fingerprint density at radius 3 is 2.79 bits per heavy atom. The number of H-pyrrole nitrogens is 1. The number of amides is 1. The molecule has 2 rings (SSSR count). The second-order valence-electron chi connectivity index (χ2n) is 4.33. The van der Waals surface area contributed by atoms with Crippen molar-refractivity contribution < 1.29 is 4.79 Å². The van der Waals surface area contributed by atoms with Crippen molar-refractivity contribution in [2.24, 2.45) is 0 Å². The maximum Gasteiger partial charge on any atom is 0.253 e. The highest BCUT2D eigenvalue weighted by Crippen LogP contribution is 2.19. The van der Waals surface area contributed by atoms with Gasteiger partial charge in [0, 0.05) is 23.5 Å². The average Bonchev–Trinajstić information content (AvgIpc) is 2.66. The summed E-state index contributed by atoms with van der Waals surface area (Å²) in [5.74, 6) is -0.231. The first kappa shape index (κ1) is 13.4. The monoisotopic (exact) mass is 278 g/mol. The Morgan fingerprint density at radius 2 is 2.21 bits per heavy atom. The molecule has 0 spiro atoms. The Kier molecular flexibility index (Phi) is 3.76. The lowest BCUT2D eigenvalue weighted by molar-refractivity contribution is 0.0951. The number of anilines is 1. The molecule has 5 nitrogen and oxygen atoms in total. The molecule has 1 amide bonds. The van der Waals surface area contributed by atoms with E-state index in [0.717, 1.165) is 17.0 Å². The fourth-order valence-electron chi connectivity index (χ4n) is 1.81. The number of hydrogen-bond donors (Lipinski definition) is 3. The summed E-state index contributed by atoms with van der Waals surface area (Å²) >= 11 is 5.99. The van der Waals surface area contributed by atoms with E-state index in [2.05, 4.69) is 15.5 Å². The number of carbonyl (C=O) groups is 1. The minimum absolute atomic E-state index is 0.231. The summed E-state index contributed by atoms with van der Waals surface area (Å²) in [4.78, 5) is 12.0. The van der Waals surface area contributed by atoms with Gasteiger partial charge in [0.2, 0.25) is 0 Å². The molecule has 4 N–H and O–H groups in total. The van der Waals surface area contributed by atoms with Crippen molar-refractivity contribution in [2.75, 3.05) is 5.73 Å². The molecule has 6 heteroatoms. The third kappa shape index (κ3) is 2.88. The maximum atomic E-state index is 12.0. The van der Waals surface area contributed by atoms with E-state index >= 15 is 0 Å². The van der Waals surface area contributed by atoms with E-state index in [-0.39, 0.29) is 5.91 Å². The molecular formula is C13H15ClN4O. The minimum atomic E-state index is -0.231. The van der Waals surface area contributed by atoms with Crippen molar-refractivity contribution in [3.63, 3.8) is 0 Å². The molecule has 0 aliphatic carbocycles.